The van der Waals surface area contributed by atoms with Crippen molar-refractivity contribution in [3.05, 3.63) is 44.9 Å². The zero-order valence-corrected chi connectivity index (χ0v) is 18.6. The van der Waals surface area contributed by atoms with Crippen molar-refractivity contribution in [1.82, 2.24) is 0 Å². The van der Waals surface area contributed by atoms with Gasteiger partial charge in [-0.1, -0.05) is 0 Å². The SMILES string of the molecule is CCCOC1(CC2=[C]([Ti+2])CC=C2)CC=C(C)C=C1C(C)(C)C.[Cl-].[Cl-]. The summed E-state index contributed by atoms with van der Waals surface area (Å²) in [6.45, 7) is 12.2. The summed E-state index contributed by atoms with van der Waals surface area (Å²) in [5.41, 5.74) is 4.25. The molecule has 24 heavy (non-hydrogen) atoms. The molecule has 0 saturated heterocycles. The average molecular weight is 404 g/mol. The molecule has 1 unspecified atom stereocenters. The molecule has 2 rings (SSSR count). The molecule has 4 heteroatoms. The molecule has 0 N–H and O–H groups in total. The predicted molar refractivity (Wildman–Crippen MR) is 90.3 cm³/mol. The van der Waals surface area contributed by atoms with Crippen molar-refractivity contribution in [3.8, 4) is 0 Å². The summed E-state index contributed by atoms with van der Waals surface area (Å²) in [7, 11) is 0. The minimum atomic E-state index is -0.168. The second-order valence-corrected chi connectivity index (χ2v) is 8.53. The van der Waals surface area contributed by atoms with Gasteiger partial charge in [0.25, 0.3) is 0 Å². The standard InChI is InChI=1S/C20H29O.2ClH.Ti/c1-6-13-21-20(15-17-9-7-8-10-17)12-11-16(2)14-18(20)19(3,4)5;;;/h7,9,11,14H,6,8,12-13,15H2,1-5H3;2*1H;/q;;;+2/p-2. The van der Waals surface area contributed by atoms with E-state index in [0.717, 1.165) is 32.3 Å². The zero-order chi connectivity index (χ0) is 16.4. The molecule has 0 aromatic heterocycles. The summed E-state index contributed by atoms with van der Waals surface area (Å²) in [6, 6.07) is 0. The molecule has 0 bridgehead atoms. The topological polar surface area (TPSA) is 9.23 Å². The van der Waals surface area contributed by atoms with Crippen molar-refractivity contribution >= 4 is 0 Å². The molecular weight excluding hydrogens is 375 g/mol. The first-order chi connectivity index (χ1) is 10.3. The molecule has 0 heterocycles. The van der Waals surface area contributed by atoms with E-state index in [1.165, 1.54) is 20.6 Å². The fourth-order valence-electron chi connectivity index (χ4n) is 3.43. The Hall–Kier alpha value is 0.214. The maximum absolute atomic E-state index is 6.54. The Kier molecular flexibility index (Phi) is 9.87. The van der Waals surface area contributed by atoms with Crippen LogP contribution in [0.5, 0.6) is 0 Å². The van der Waals surface area contributed by atoms with Crippen LogP contribution in [0.25, 0.3) is 0 Å². The van der Waals surface area contributed by atoms with Crippen LogP contribution in [-0.2, 0) is 25.2 Å². The van der Waals surface area contributed by atoms with Crippen molar-refractivity contribution in [3.63, 3.8) is 0 Å². The third-order valence-electron chi connectivity index (χ3n) is 4.51. The Labute approximate surface area is 172 Å². The second kappa shape index (κ2) is 9.79. The smallest absolute Gasteiger partial charge is 1.00 e. The van der Waals surface area contributed by atoms with E-state index in [-0.39, 0.29) is 35.8 Å². The normalized spacial score (nSPS) is 23.5. The minimum Gasteiger partial charge on any atom is -1.00 e. The van der Waals surface area contributed by atoms with Gasteiger partial charge in [-0.3, -0.25) is 0 Å². The summed E-state index contributed by atoms with van der Waals surface area (Å²) in [6.07, 6.45) is 13.5. The molecule has 0 fully saturated rings. The number of allylic oxidation sites excluding steroid dienone is 5. The first kappa shape index (κ1) is 24.2. The maximum Gasteiger partial charge on any atom is -1.00 e. The van der Waals surface area contributed by atoms with E-state index >= 15 is 0 Å². The molecular formula is C20H29Cl2OTi. The summed E-state index contributed by atoms with van der Waals surface area (Å²) in [5.74, 6) is 0. The summed E-state index contributed by atoms with van der Waals surface area (Å²) in [4.78, 5) is 0. The van der Waals surface area contributed by atoms with Crippen LogP contribution in [0.3, 0.4) is 0 Å². The van der Waals surface area contributed by atoms with E-state index in [4.69, 9.17) is 4.74 Å². The average Bonchev–Trinajstić information content (AvgIpc) is 2.83. The van der Waals surface area contributed by atoms with Gasteiger partial charge in [0.05, 0.1) is 0 Å². The number of rotatable bonds is 5. The van der Waals surface area contributed by atoms with E-state index in [1.54, 1.807) is 0 Å². The van der Waals surface area contributed by atoms with E-state index in [1.807, 2.05) is 0 Å². The van der Waals surface area contributed by atoms with Gasteiger partial charge in [0.15, 0.2) is 0 Å². The van der Waals surface area contributed by atoms with Gasteiger partial charge < -0.3 is 24.8 Å². The molecule has 1 atom stereocenters. The Balaban J connectivity index is 0.00000264. The molecule has 0 spiro atoms. The molecule has 0 aliphatic heterocycles. The van der Waals surface area contributed by atoms with Crippen LogP contribution in [0.15, 0.2) is 44.9 Å². The Morgan fingerprint density at radius 2 is 1.92 bits per heavy atom. The number of hydrogen-bond donors (Lipinski definition) is 0. The molecule has 133 valence electrons. The van der Waals surface area contributed by atoms with Crippen molar-refractivity contribution in [1.29, 1.82) is 0 Å². The third kappa shape index (κ3) is 5.61. The fourth-order valence-corrected chi connectivity index (χ4v) is 3.88. The second-order valence-electron chi connectivity index (χ2n) is 7.59. The van der Waals surface area contributed by atoms with Crippen molar-refractivity contribution < 1.29 is 50.0 Å². The molecule has 0 radical (unpaired) electrons. The quantitative estimate of drug-likeness (QED) is 0.569. The molecule has 0 aromatic carbocycles. The van der Waals surface area contributed by atoms with Gasteiger partial charge in [-0.2, -0.15) is 0 Å². The zero-order valence-electron chi connectivity index (χ0n) is 15.5. The number of halogens is 2. The minimum absolute atomic E-state index is 0. The van der Waals surface area contributed by atoms with Gasteiger partial charge >= 0.3 is 148 Å². The largest absolute Gasteiger partial charge is 1.00 e. The van der Waals surface area contributed by atoms with Gasteiger partial charge in [-0.15, -0.1) is 0 Å². The van der Waals surface area contributed by atoms with E-state index < -0.39 is 0 Å². The summed E-state index contributed by atoms with van der Waals surface area (Å²) in [5, 5.41) is 0. The van der Waals surface area contributed by atoms with Crippen LogP contribution in [0.1, 0.15) is 60.3 Å². The summed E-state index contributed by atoms with van der Waals surface area (Å²) < 4.78 is 8.04. The number of hydrogen-bond acceptors (Lipinski definition) is 1. The maximum atomic E-state index is 6.54. The van der Waals surface area contributed by atoms with Crippen LogP contribution < -0.4 is 24.8 Å². The van der Waals surface area contributed by atoms with Crippen molar-refractivity contribution in [2.45, 2.75) is 65.9 Å². The van der Waals surface area contributed by atoms with E-state index in [9.17, 15) is 0 Å². The monoisotopic (exact) mass is 403 g/mol. The molecule has 2 aliphatic carbocycles. The molecule has 1 nitrogen and oxygen atoms in total. The first-order valence-corrected chi connectivity index (χ1v) is 9.20. The Bertz CT molecular complexity index is 552. The van der Waals surface area contributed by atoms with Crippen LogP contribution in [0.4, 0.5) is 0 Å². The Morgan fingerprint density at radius 3 is 2.42 bits per heavy atom. The van der Waals surface area contributed by atoms with Gasteiger partial charge in [-0.05, 0) is 0 Å². The van der Waals surface area contributed by atoms with Crippen LogP contribution >= 0.6 is 0 Å². The van der Waals surface area contributed by atoms with E-state index in [0.29, 0.717) is 0 Å². The first-order valence-electron chi connectivity index (χ1n) is 8.42. The predicted octanol–water partition coefficient (Wildman–Crippen LogP) is -0.367. The van der Waals surface area contributed by atoms with Gasteiger partial charge in [0.1, 0.15) is 0 Å². The van der Waals surface area contributed by atoms with Gasteiger partial charge in [-0.25, -0.2) is 0 Å². The van der Waals surface area contributed by atoms with Crippen molar-refractivity contribution in [2.24, 2.45) is 5.41 Å². The van der Waals surface area contributed by atoms with Crippen LogP contribution in [-0.4, -0.2) is 12.2 Å². The third-order valence-corrected chi connectivity index (χ3v) is 5.33. The Morgan fingerprint density at radius 1 is 1.25 bits per heavy atom. The molecule has 0 aromatic rings. The van der Waals surface area contributed by atoms with E-state index in [2.05, 4.69) is 79.4 Å². The molecule has 0 amide bonds. The van der Waals surface area contributed by atoms with Crippen LogP contribution in [0.2, 0.25) is 0 Å². The molecule has 0 saturated carbocycles. The van der Waals surface area contributed by atoms with Gasteiger partial charge in [0.2, 0.25) is 0 Å². The van der Waals surface area contributed by atoms with Gasteiger partial charge in [0, 0.05) is 0 Å². The number of ether oxygens (including phenoxy) is 1. The van der Waals surface area contributed by atoms with Crippen molar-refractivity contribution in [2.75, 3.05) is 6.61 Å². The summed E-state index contributed by atoms with van der Waals surface area (Å²) >= 11 is 2.26. The molecule has 2 aliphatic rings. The van der Waals surface area contributed by atoms with Crippen LogP contribution in [0, 0.1) is 5.41 Å². The fraction of sp³-hybridized carbons (Fsp3) is 0.600.